The third-order valence-corrected chi connectivity index (χ3v) is 2.74. The molecule has 0 saturated heterocycles. The zero-order valence-electron chi connectivity index (χ0n) is 9.06. The van der Waals surface area contributed by atoms with Gasteiger partial charge in [-0.05, 0) is 28.4 Å². The number of hydrogen-bond acceptors (Lipinski definition) is 2. The van der Waals surface area contributed by atoms with Crippen molar-refractivity contribution in [3.63, 3.8) is 0 Å². The van der Waals surface area contributed by atoms with E-state index in [0.29, 0.717) is 15.9 Å². The zero-order chi connectivity index (χ0) is 13.1. The molecule has 0 fully saturated rings. The topological polar surface area (TPSA) is 16.1 Å². The highest BCUT2D eigenvalue weighted by molar-refractivity contribution is 9.10. The van der Waals surface area contributed by atoms with Gasteiger partial charge in [-0.3, -0.25) is 0 Å². The summed E-state index contributed by atoms with van der Waals surface area (Å²) in [5.74, 6) is 0.258. The van der Waals surface area contributed by atoms with Crippen LogP contribution in [0.3, 0.4) is 0 Å². The molecule has 0 N–H and O–H groups in total. The molecule has 2 nitrogen and oxygen atoms in total. The van der Waals surface area contributed by atoms with Crippen molar-refractivity contribution in [2.24, 2.45) is 0 Å². The summed E-state index contributed by atoms with van der Waals surface area (Å²) in [5.41, 5.74) is 0. The van der Waals surface area contributed by atoms with Gasteiger partial charge in [0.1, 0.15) is 12.4 Å². The van der Waals surface area contributed by atoms with Crippen LogP contribution in [-0.4, -0.2) is 24.2 Å². The number of rotatable bonds is 4. The Morgan fingerprint density at radius 3 is 2.59 bits per heavy atom. The Kier molecular flexibility index (Phi) is 5.06. The minimum atomic E-state index is -4.25. The van der Waals surface area contributed by atoms with Crippen LogP contribution < -0.4 is 4.90 Å². The fourth-order valence-electron chi connectivity index (χ4n) is 1.39. The van der Waals surface area contributed by atoms with Crippen LogP contribution in [0.4, 0.5) is 19.0 Å². The molecule has 0 aromatic carbocycles. The van der Waals surface area contributed by atoms with E-state index in [1.807, 2.05) is 6.92 Å². The maximum absolute atomic E-state index is 12.4. The van der Waals surface area contributed by atoms with E-state index in [4.69, 9.17) is 11.6 Å². The maximum atomic E-state index is 12.4. The quantitative estimate of drug-likeness (QED) is 0.819. The van der Waals surface area contributed by atoms with Gasteiger partial charge in [0.05, 0.1) is 9.50 Å². The first-order valence-electron chi connectivity index (χ1n) is 4.96. The predicted octanol–water partition coefficient (Wildman–Crippen LogP) is 4.28. The molecule has 0 bridgehead atoms. The lowest BCUT2D eigenvalue weighted by molar-refractivity contribution is -0.119. The van der Waals surface area contributed by atoms with E-state index < -0.39 is 12.7 Å². The second-order valence-corrected chi connectivity index (χ2v) is 4.79. The fraction of sp³-hybridized carbons (Fsp3) is 0.500. The summed E-state index contributed by atoms with van der Waals surface area (Å²) in [6.07, 6.45) is -2.32. The van der Waals surface area contributed by atoms with E-state index in [0.717, 1.165) is 0 Å². The smallest absolute Gasteiger partial charge is 0.347 e. The Morgan fingerprint density at radius 1 is 1.47 bits per heavy atom. The van der Waals surface area contributed by atoms with E-state index in [1.165, 1.54) is 17.2 Å². The van der Waals surface area contributed by atoms with E-state index in [1.54, 1.807) is 0 Å². The highest BCUT2D eigenvalue weighted by Gasteiger charge is 2.31. The van der Waals surface area contributed by atoms with Crippen molar-refractivity contribution in [3.8, 4) is 0 Å². The summed E-state index contributed by atoms with van der Waals surface area (Å²) < 4.78 is 37.7. The first kappa shape index (κ1) is 14.6. The molecule has 96 valence electrons. The molecule has 0 saturated carbocycles. The molecule has 1 aromatic heterocycles. The van der Waals surface area contributed by atoms with E-state index in [9.17, 15) is 13.2 Å². The van der Waals surface area contributed by atoms with Crippen molar-refractivity contribution in [3.05, 3.63) is 21.8 Å². The number of hydrogen-bond donors (Lipinski definition) is 0. The van der Waals surface area contributed by atoms with Gasteiger partial charge in [-0.2, -0.15) is 13.2 Å². The Labute approximate surface area is 111 Å². The number of alkyl halides is 3. The molecule has 0 aliphatic rings. The number of pyridine rings is 1. The average Bonchev–Trinajstić information content (AvgIpc) is 2.14. The molecule has 1 aromatic rings. The largest absolute Gasteiger partial charge is 0.405 e. The predicted molar refractivity (Wildman–Crippen MR) is 65.5 cm³/mol. The summed E-state index contributed by atoms with van der Waals surface area (Å²) in [6.45, 7) is 1.08. The molecule has 0 atom stereocenters. The second-order valence-electron chi connectivity index (χ2n) is 3.50. The molecule has 7 heteroatoms. The van der Waals surface area contributed by atoms with Crippen LogP contribution in [0, 0.1) is 0 Å². The Balaban J connectivity index is 2.97. The van der Waals surface area contributed by atoms with Crippen LogP contribution in [0.1, 0.15) is 13.3 Å². The van der Waals surface area contributed by atoms with E-state index in [2.05, 4.69) is 20.9 Å². The molecule has 0 unspecified atom stereocenters. The van der Waals surface area contributed by atoms with Crippen molar-refractivity contribution in [1.82, 2.24) is 4.98 Å². The van der Waals surface area contributed by atoms with Gasteiger partial charge in [-0.1, -0.05) is 18.5 Å². The van der Waals surface area contributed by atoms with Crippen LogP contribution in [0.25, 0.3) is 0 Å². The Hall–Kier alpha value is -0.490. The van der Waals surface area contributed by atoms with Gasteiger partial charge in [0.2, 0.25) is 0 Å². The van der Waals surface area contributed by atoms with E-state index in [-0.39, 0.29) is 12.4 Å². The molecular formula is C10H11BrClF3N2. The normalized spacial score (nSPS) is 11.6. The van der Waals surface area contributed by atoms with Gasteiger partial charge >= 0.3 is 6.18 Å². The molecule has 0 spiro atoms. The molecular weight excluding hydrogens is 320 g/mol. The monoisotopic (exact) mass is 330 g/mol. The van der Waals surface area contributed by atoms with Crippen LogP contribution in [0.2, 0.25) is 5.02 Å². The van der Waals surface area contributed by atoms with E-state index >= 15 is 0 Å². The van der Waals surface area contributed by atoms with Crippen molar-refractivity contribution >= 4 is 33.3 Å². The van der Waals surface area contributed by atoms with Gasteiger partial charge in [0, 0.05) is 12.7 Å². The first-order valence-corrected chi connectivity index (χ1v) is 6.13. The minimum absolute atomic E-state index is 0.258. The van der Waals surface area contributed by atoms with Gasteiger partial charge in [0.15, 0.2) is 0 Å². The molecule has 1 rings (SSSR count). The Bertz CT molecular complexity index is 384. The van der Waals surface area contributed by atoms with Crippen LogP contribution >= 0.6 is 27.5 Å². The average molecular weight is 332 g/mol. The lowest BCUT2D eigenvalue weighted by atomic mass is 10.3. The summed E-state index contributed by atoms with van der Waals surface area (Å²) in [7, 11) is 0. The van der Waals surface area contributed by atoms with Gasteiger partial charge in [0.25, 0.3) is 0 Å². The summed E-state index contributed by atoms with van der Waals surface area (Å²) in [6, 6.07) is 1.53. The number of nitrogens with zero attached hydrogens (tertiary/aromatic N) is 2. The number of aromatic nitrogens is 1. The van der Waals surface area contributed by atoms with Crippen LogP contribution in [-0.2, 0) is 0 Å². The summed E-state index contributed by atoms with van der Waals surface area (Å²) >= 11 is 8.87. The van der Waals surface area contributed by atoms with Crippen molar-refractivity contribution in [1.29, 1.82) is 0 Å². The van der Waals surface area contributed by atoms with Gasteiger partial charge < -0.3 is 4.90 Å². The zero-order valence-corrected chi connectivity index (χ0v) is 11.4. The van der Waals surface area contributed by atoms with Gasteiger partial charge in [-0.25, -0.2) is 4.98 Å². The lowest BCUT2D eigenvalue weighted by Gasteiger charge is -2.25. The lowest BCUT2D eigenvalue weighted by Crippen LogP contribution is -2.35. The van der Waals surface area contributed by atoms with Crippen LogP contribution in [0.5, 0.6) is 0 Å². The highest BCUT2D eigenvalue weighted by atomic mass is 79.9. The highest BCUT2D eigenvalue weighted by Crippen LogP contribution is 2.29. The third-order valence-electron chi connectivity index (χ3n) is 1.95. The second kappa shape index (κ2) is 5.91. The SMILES string of the molecule is CCCN(CC(F)(F)F)c1ncc(Cl)cc1Br. The number of halogens is 5. The van der Waals surface area contributed by atoms with Crippen LogP contribution in [0.15, 0.2) is 16.7 Å². The first-order chi connectivity index (χ1) is 7.83. The third kappa shape index (κ3) is 4.71. The number of anilines is 1. The molecule has 0 aliphatic carbocycles. The minimum Gasteiger partial charge on any atom is -0.347 e. The summed E-state index contributed by atoms with van der Waals surface area (Å²) in [4.78, 5) is 5.11. The Morgan fingerprint density at radius 2 is 2.12 bits per heavy atom. The summed E-state index contributed by atoms with van der Waals surface area (Å²) in [5, 5.41) is 0.379. The fourth-order valence-corrected chi connectivity index (χ4v) is 2.28. The van der Waals surface area contributed by atoms with Gasteiger partial charge in [-0.15, -0.1) is 0 Å². The van der Waals surface area contributed by atoms with Crippen molar-refractivity contribution < 1.29 is 13.2 Å². The molecule has 0 aliphatic heterocycles. The maximum Gasteiger partial charge on any atom is 0.405 e. The standard InChI is InChI=1S/C10H11BrClF3N2/c1-2-3-17(6-10(13,14)15)9-8(11)4-7(12)5-16-9/h4-5H,2-3,6H2,1H3. The molecule has 0 amide bonds. The van der Waals surface area contributed by atoms with Crippen molar-refractivity contribution in [2.45, 2.75) is 19.5 Å². The molecule has 1 heterocycles. The van der Waals surface area contributed by atoms with Crippen molar-refractivity contribution in [2.75, 3.05) is 18.0 Å². The molecule has 17 heavy (non-hydrogen) atoms. The molecule has 0 radical (unpaired) electrons.